The number of nitrogens with one attached hydrogen (secondary N) is 2. The molecule has 0 radical (unpaired) electrons. The molecule has 0 saturated heterocycles. The second-order valence-corrected chi connectivity index (χ2v) is 5.72. The average Bonchev–Trinajstić information content (AvgIpc) is 2.61. The van der Waals surface area contributed by atoms with E-state index in [2.05, 4.69) is 10.6 Å². The van der Waals surface area contributed by atoms with Crippen molar-refractivity contribution < 1.29 is 27.5 Å². The molecule has 8 heteroatoms. The number of alkyl halides is 3. The maximum atomic E-state index is 12.7. The van der Waals surface area contributed by atoms with Crippen LogP contribution in [0, 0.1) is 0 Å². The summed E-state index contributed by atoms with van der Waals surface area (Å²) < 4.78 is 43.2. The zero-order valence-electron chi connectivity index (χ0n) is 14.6. The molecule has 2 aromatic rings. The minimum Gasteiger partial charge on any atom is -0.496 e. The summed E-state index contributed by atoms with van der Waals surface area (Å²) in [6.45, 7) is 0.302. The van der Waals surface area contributed by atoms with Crippen molar-refractivity contribution in [3.05, 3.63) is 59.7 Å². The number of amides is 2. The smallest absolute Gasteiger partial charge is 0.416 e. The van der Waals surface area contributed by atoms with Gasteiger partial charge in [0.2, 0.25) is 11.8 Å². The lowest BCUT2D eigenvalue weighted by atomic mass is 10.1. The van der Waals surface area contributed by atoms with E-state index in [9.17, 15) is 22.8 Å². The molecule has 2 rings (SSSR count). The van der Waals surface area contributed by atoms with Gasteiger partial charge in [-0.15, -0.1) is 0 Å². The Hall–Kier alpha value is -3.03. The minimum absolute atomic E-state index is 0.0170. The van der Waals surface area contributed by atoms with Gasteiger partial charge in [0.1, 0.15) is 12.2 Å². The monoisotopic (exact) mass is 380 g/mol. The number of benzene rings is 2. The molecule has 0 bridgehead atoms. The molecule has 0 saturated carbocycles. The first-order chi connectivity index (χ1) is 12.8. The summed E-state index contributed by atoms with van der Waals surface area (Å²) in [4.78, 5) is 23.7. The second-order valence-electron chi connectivity index (χ2n) is 5.72. The fraction of sp³-hybridized carbons (Fsp3) is 0.263. The van der Waals surface area contributed by atoms with Gasteiger partial charge in [-0.1, -0.05) is 24.3 Å². The number of hydrogen-bond acceptors (Lipinski definition) is 3. The van der Waals surface area contributed by atoms with Gasteiger partial charge in [-0.25, -0.2) is 0 Å². The van der Waals surface area contributed by atoms with E-state index in [4.69, 9.17) is 4.74 Å². The van der Waals surface area contributed by atoms with Gasteiger partial charge in [-0.3, -0.25) is 9.59 Å². The van der Waals surface area contributed by atoms with E-state index in [1.165, 1.54) is 12.1 Å². The number of methoxy groups -OCH3 is 1. The lowest BCUT2D eigenvalue weighted by Crippen LogP contribution is -2.29. The maximum Gasteiger partial charge on any atom is 0.416 e. The van der Waals surface area contributed by atoms with Gasteiger partial charge < -0.3 is 15.4 Å². The SMILES string of the molecule is COc1ccccc1CCNC(=O)CC(=O)Nc1cccc(C(F)(F)F)c1. The Bertz CT molecular complexity index is 807. The van der Waals surface area contributed by atoms with Crippen LogP contribution in [-0.4, -0.2) is 25.5 Å². The summed E-state index contributed by atoms with van der Waals surface area (Å²) in [5.74, 6) is -0.507. The molecule has 0 aliphatic heterocycles. The number of hydrogen-bond donors (Lipinski definition) is 2. The van der Waals surface area contributed by atoms with E-state index in [0.717, 1.165) is 17.7 Å². The van der Waals surface area contributed by atoms with E-state index >= 15 is 0 Å². The van der Waals surface area contributed by atoms with Gasteiger partial charge in [-0.05, 0) is 36.2 Å². The number of para-hydroxylation sites is 1. The summed E-state index contributed by atoms with van der Waals surface area (Å²) in [6, 6.07) is 11.6. The Balaban J connectivity index is 1.81. The van der Waals surface area contributed by atoms with Gasteiger partial charge in [0.25, 0.3) is 0 Å². The molecule has 0 atom stereocenters. The van der Waals surface area contributed by atoms with Crippen molar-refractivity contribution in [2.75, 3.05) is 19.0 Å². The zero-order valence-corrected chi connectivity index (χ0v) is 14.6. The summed E-state index contributed by atoms with van der Waals surface area (Å²) in [7, 11) is 1.55. The summed E-state index contributed by atoms with van der Waals surface area (Å²) >= 11 is 0. The molecular weight excluding hydrogens is 361 g/mol. The number of carbonyl (C=O) groups excluding carboxylic acids is 2. The zero-order chi connectivity index (χ0) is 19.9. The van der Waals surface area contributed by atoms with Crippen LogP contribution in [0.15, 0.2) is 48.5 Å². The highest BCUT2D eigenvalue weighted by molar-refractivity contribution is 6.03. The summed E-state index contributed by atoms with van der Waals surface area (Å²) in [5, 5.41) is 4.89. The molecule has 144 valence electrons. The molecule has 2 amide bonds. The second kappa shape index (κ2) is 9.07. The van der Waals surface area contributed by atoms with Crippen LogP contribution in [0.25, 0.3) is 0 Å². The first-order valence-electron chi connectivity index (χ1n) is 8.15. The Morgan fingerprint density at radius 2 is 1.78 bits per heavy atom. The van der Waals surface area contributed by atoms with Crippen molar-refractivity contribution in [1.82, 2.24) is 5.32 Å². The third-order valence-electron chi connectivity index (χ3n) is 3.70. The van der Waals surface area contributed by atoms with Crippen LogP contribution >= 0.6 is 0 Å². The van der Waals surface area contributed by atoms with Gasteiger partial charge >= 0.3 is 6.18 Å². The maximum absolute atomic E-state index is 12.7. The molecule has 0 fully saturated rings. The summed E-state index contributed by atoms with van der Waals surface area (Å²) in [5.41, 5.74) is 0.0203. The predicted molar refractivity (Wildman–Crippen MR) is 94.4 cm³/mol. The third kappa shape index (κ3) is 6.32. The molecule has 0 aliphatic carbocycles. The molecule has 5 nitrogen and oxygen atoms in total. The molecule has 0 heterocycles. The normalized spacial score (nSPS) is 11.0. The van der Waals surface area contributed by atoms with Crippen molar-refractivity contribution in [1.29, 1.82) is 0 Å². The van der Waals surface area contributed by atoms with Gasteiger partial charge in [0, 0.05) is 12.2 Å². The van der Waals surface area contributed by atoms with E-state index in [0.29, 0.717) is 18.7 Å². The largest absolute Gasteiger partial charge is 0.496 e. The van der Waals surface area contributed by atoms with Crippen LogP contribution in [0.4, 0.5) is 18.9 Å². The first kappa shape index (κ1) is 20.3. The Morgan fingerprint density at radius 3 is 2.48 bits per heavy atom. The van der Waals surface area contributed by atoms with Crippen LogP contribution < -0.4 is 15.4 Å². The Morgan fingerprint density at radius 1 is 1.04 bits per heavy atom. The van der Waals surface area contributed by atoms with Crippen molar-refractivity contribution >= 4 is 17.5 Å². The Labute approximate surface area is 154 Å². The Kier molecular flexibility index (Phi) is 6.81. The van der Waals surface area contributed by atoms with E-state index < -0.39 is 30.0 Å². The fourth-order valence-electron chi connectivity index (χ4n) is 2.43. The van der Waals surface area contributed by atoms with Crippen LogP contribution in [0.2, 0.25) is 0 Å². The van der Waals surface area contributed by atoms with Crippen LogP contribution in [0.3, 0.4) is 0 Å². The molecule has 0 unspecified atom stereocenters. The van der Waals surface area contributed by atoms with Crippen LogP contribution in [0.5, 0.6) is 5.75 Å². The highest BCUT2D eigenvalue weighted by Gasteiger charge is 2.30. The lowest BCUT2D eigenvalue weighted by Gasteiger charge is -2.10. The number of ether oxygens (including phenoxy) is 1. The predicted octanol–water partition coefficient (Wildman–Crippen LogP) is 3.40. The van der Waals surface area contributed by atoms with Crippen LogP contribution in [0.1, 0.15) is 17.5 Å². The lowest BCUT2D eigenvalue weighted by molar-refractivity contribution is -0.137. The first-order valence-corrected chi connectivity index (χ1v) is 8.15. The van der Waals surface area contributed by atoms with Crippen molar-refractivity contribution in [3.8, 4) is 5.75 Å². The van der Waals surface area contributed by atoms with Gasteiger partial charge in [0.05, 0.1) is 12.7 Å². The molecular formula is C19H19F3N2O3. The van der Waals surface area contributed by atoms with E-state index in [1.807, 2.05) is 18.2 Å². The average molecular weight is 380 g/mol. The van der Waals surface area contributed by atoms with E-state index in [1.54, 1.807) is 13.2 Å². The van der Waals surface area contributed by atoms with Crippen molar-refractivity contribution in [2.24, 2.45) is 0 Å². The quantitative estimate of drug-likeness (QED) is 0.724. The molecule has 0 aliphatic rings. The van der Waals surface area contributed by atoms with Crippen molar-refractivity contribution in [2.45, 2.75) is 19.0 Å². The minimum atomic E-state index is -4.50. The summed E-state index contributed by atoms with van der Waals surface area (Å²) in [6.07, 6.45) is -4.47. The number of rotatable bonds is 7. The van der Waals surface area contributed by atoms with Gasteiger partial charge in [-0.2, -0.15) is 13.2 Å². The number of halogens is 3. The highest BCUT2D eigenvalue weighted by atomic mass is 19.4. The molecule has 2 aromatic carbocycles. The number of carbonyl (C=O) groups is 2. The van der Waals surface area contributed by atoms with Crippen molar-refractivity contribution in [3.63, 3.8) is 0 Å². The third-order valence-corrected chi connectivity index (χ3v) is 3.70. The highest BCUT2D eigenvalue weighted by Crippen LogP contribution is 2.30. The molecule has 27 heavy (non-hydrogen) atoms. The van der Waals surface area contributed by atoms with Gasteiger partial charge in [0.15, 0.2) is 0 Å². The standard InChI is InChI=1S/C19H19F3N2O3/c1-27-16-8-3-2-5-13(16)9-10-23-17(25)12-18(26)24-15-7-4-6-14(11-15)19(20,21)22/h2-8,11H,9-10,12H2,1H3,(H,23,25)(H,24,26). The van der Waals surface area contributed by atoms with E-state index in [-0.39, 0.29) is 5.69 Å². The topological polar surface area (TPSA) is 67.4 Å². The number of anilines is 1. The molecule has 2 N–H and O–H groups in total. The van der Waals surface area contributed by atoms with Crippen LogP contribution in [-0.2, 0) is 22.2 Å². The molecule has 0 aromatic heterocycles. The molecule has 0 spiro atoms. The fourth-order valence-corrected chi connectivity index (χ4v) is 2.43.